The number of nitrogens with two attached hydrogens (primary N) is 1. The maximum absolute atomic E-state index is 14.1. The lowest BCUT2D eigenvalue weighted by Gasteiger charge is -2.27. The number of pyridine rings is 1. The summed E-state index contributed by atoms with van der Waals surface area (Å²) in [5.41, 5.74) is 8.15. The second kappa shape index (κ2) is 12.1. The Bertz CT molecular complexity index is 1280. The van der Waals surface area contributed by atoms with E-state index in [1.54, 1.807) is 12.1 Å². The van der Waals surface area contributed by atoms with Crippen LogP contribution in [-0.2, 0) is 13.0 Å². The quantitative estimate of drug-likeness (QED) is 0.343. The molecule has 4 rings (SSSR count). The van der Waals surface area contributed by atoms with E-state index in [2.05, 4.69) is 20.9 Å². The fourth-order valence-corrected chi connectivity index (χ4v) is 4.39. The number of rotatable bonds is 8. The number of nitrogens with one attached hydrogen (secondary N) is 3. The standard InChI is InChI=1S/C27H29ClFN5O3/c1-2-20-16(14-30)3-6-21(25(20)37-19-9-11-31-12-10-19)26(35)33-23-7-5-18(29)13-22(23)27(36)34-24-8-4-17(28)15-32-24/h3-8,13,15,19,31H,2,9-12,14,30H2,1H3,(H,33,35)(H,32,34,36). The molecule has 10 heteroatoms. The lowest BCUT2D eigenvalue weighted by Crippen LogP contribution is -2.34. The van der Waals surface area contributed by atoms with E-state index in [0.29, 0.717) is 29.3 Å². The smallest absolute Gasteiger partial charge is 0.259 e. The Labute approximate surface area is 219 Å². The zero-order valence-corrected chi connectivity index (χ0v) is 21.2. The molecule has 194 valence electrons. The van der Waals surface area contributed by atoms with E-state index >= 15 is 0 Å². The summed E-state index contributed by atoms with van der Waals surface area (Å²) < 4.78 is 20.5. The Morgan fingerprint density at radius 2 is 1.86 bits per heavy atom. The fourth-order valence-electron chi connectivity index (χ4n) is 4.28. The maximum Gasteiger partial charge on any atom is 0.259 e. The molecule has 2 heterocycles. The van der Waals surface area contributed by atoms with Gasteiger partial charge in [-0.05, 0) is 79.9 Å². The third-order valence-electron chi connectivity index (χ3n) is 6.19. The molecular weight excluding hydrogens is 497 g/mol. The highest BCUT2D eigenvalue weighted by atomic mass is 35.5. The summed E-state index contributed by atoms with van der Waals surface area (Å²) in [6.07, 6.45) is 3.61. The zero-order chi connectivity index (χ0) is 26.4. The van der Waals surface area contributed by atoms with Crippen LogP contribution in [0.2, 0.25) is 5.02 Å². The summed E-state index contributed by atoms with van der Waals surface area (Å²) >= 11 is 5.85. The minimum absolute atomic E-state index is 0.0369. The van der Waals surface area contributed by atoms with E-state index in [9.17, 15) is 14.0 Å². The Morgan fingerprint density at radius 1 is 1.11 bits per heavy atom. The van der Waals surface area contributed by atoms with Crippen LogP contribution in [0.1, 0.15) is 51.6 Å². The number of aromatic nitrogens is 1. The number of halogens is 2. The van der Waals surface area contributed by atoms with Gasteiger partial charge in [0.15, 0.2) is 0 Å². The first kappa shape index (κ1) is 26.5. The molecule has 1 aromatic heterocycles. The number of nitrogens with zero attached hydrogens (tertiary/aromatic N) is 1. The molecule has 1 saturated heterocycles. The molecule has 0 spiro atoms. The maximum atomic E-state index is 14.1. The molecule has 0 unspecified atom stereocenters. The molecule has 5 N–H and O–H groups in total. The topological polar surface area (TPSA) is 118 Å². The predicted octanol–water partition coefficient (Wildman–Crippen LogP) is 4.53. The molecule has 8 nitrogen and oxygen atoms in total. The molecule has 0 aliphatic carbocycles. The number of hydrogen-bond acceptors (Lipinski definition) is 6. The number of anilines is 2. The van der Waals surface area contributed by atoms with Crippen LogP contribution >= 0.6 is 11.6 Å². The van der Waals surface area contributed by atoms with Crippen molar-refractivity contribution in [3.63, 3.8) is 0 Å². The summed E-state index contributed by atoms with van der Waals surface area (Å²) in [5, 5.41) is 9.07. The fraction of sp³-hybridized carbons (Fsp3) is 0.296. The van der Waals surface area contributed by atoms with Crippen molar-refractivity contribution in [3.05, 3.63) is 81.8 Å². The highest BCUT2D eigenvalue weighted by Gasteiger charge is 2.24. The van der Waals surface area contributed by atoms with Crippen LogP contribution in [-0.4, -0.2) is 36.0 Å². The molecule has 1 fully saturated rings. The second-order valence-corrected chi connectivity index (χ2v) is 9.10. The second-order valence-electron chi connectivity index (χ2n) is 8.66. The molecular formula is C27H29ClFN5O3. The lowest BCUT2D eigenvalue weighted by atomic mass is 9.98. The van der Waals surface area contributed by atoms with Crippen LogP contribution in [0.4, 0.5) is 15.9 Å². The van der Waals surface area contributed by atoms with Gasteiger partial charge in [0.05, 0.1) is 21.8 Å². The van der Waals surface area contributed by atoms with Crippen molar-refractivity contribution in [2.75, 3.05) is 23.7 Å². The Balaban J connectivity index is 1.64. The van der Waals surface area contributed by atoms with Crippen LogP contribution < -0.4 is 26.4 Å². The molecule has 37 heavy (non-hydrogen) atoms. The van der Waals surface area contributed by atoms with Crippen molar-refractivity contribution in [1.29, 1.82) is 0 Å². The molecule has 2 aromatic carbocycles. The molecule has 0 radical (unpaired) electrons. The summed E-state index contributed by atoms with van der Waals surface area (Å²) in [6, 6.07) is 10.2. The average molecular weight is 526 g/mol. The highest BCUT2D eigenvalue weighted by Crippen LogP contribution is 2.32. The van der Waals surface area contributed by atoms with Gasteiger partial charge in [0.25, 0.3) is 11.8 Å². The van der Waals surface area contributed by atoms with Crippen molar-refractivity contribution >= 4 is 34.9 Å². The van der Waals surface area contributed by atoms with Gasteiger partial charge in [-0.25, -0.2) is 9.37 Å². The SMILES string of the molecule is CCc1c(CN)ccc(C(=O)Nc2ccc(F)cc2C(=O)Nc2ccc(Cl)cn2)c1OC1CCNCC1. The molecule has 0 bridgehead atoms. The Kier molecular flexibility index (Phi) is 8.70. The van der Waals surface area contributed by atoms with E-state index < -0.39 is 17.6 Å². The van der Waals surface area contributed by atoms with Crippen LogP contribution in [0.25, 0.3) is 0 Å². The summed E-state index contributed by atoms with van der Waals surface area (Å²) in [7, 11) is 0. The van der Waals surface area contributed by atoms with Crippen molar-refractivity contribution in [1.82, 2.24) is 10.3 Å². The third kappa shape index (κ3) is 6.43. The van der Waals surface area contributed by atoms with Crippen molar-refractivity contribution in [3.8, 4) is 5.75 Å². The van der Waals surface area contributed by atoms with Crippen LogP contribution in [0.15, 0.2) is 48.7 Å². The number of carbonyl (C=O) groups excluding carboxylic acids is 2. The van der Waals surface area contributed by atoms with Crippen molar-refractivity contribution < 1.29 is 18.7 Å². The largest absolute Gasteiger partial charge is 0.489 e. The summed E-state index contributed by atoms with van der Waals surface area (Å²) in [5.74, 6) is -1.01. The van der Waals surface area contributed by atoms with Gasteiger partial charge in [-0.3, -0.25) is 9.59 Å². The molecule has 3 aromatic rings. The van der Waals surface area contributed by atoms with Gasteiger partial charge in [-0.1, -0.05) is 24.6 Å². The Morgan fingerprint density at radius 3 is 2.54 bits per heavy atom. The predicted molar refractivity (Wildman–Crippen MR) is 142 cm³/mol. The van der Waals surface area contributed by atoms with Gasteiger partial charge >= 0.3 is 0 Å². The van der Waals surface area contributed by atoms with Gasteiger partial charge in [0.1, 0.15) is 23.5 Å². The summed E-state index contributed by atoms with van der Waals surface area (Å²) in [6.45, 7) is 3.97. The molecule has 0 saturated carbocycles. The molecule has 1 aliphatic heterocycles. The van der Waals surface area contributed by atoms with Crippen LogP contribution in [0, 0.1) is 5.82 Å². The van der Waals surface area contributed by atoms with Gasteiger partial charge in [-0.15, -0.1) is 0 Å². The van der Waals surface area contributed by atoms with Gasteiger partial charge in [-0.2, -0.15) is 0 Å². The normalized spacial score (nSPS) is 13.7. The number of piperidine rings is 1. The average Bonchev–Trinajstić information content (AvgIpc) is 2.91. The highest BCUT2D eigenvalue weighted by molar-refractivity contribution is 6.30. The molecule has 1 aliphatic rings. The van der Waals surface area contributed by atoms with Crippen molar-refractivity contribution in [2.24, 2.45) is 5.73 Å². The first-order valence-corrected chi connectivity index (χ1v) is 12.5. The first-order chi connectivity index (χ1) is 17.9. The number of hydrogen-bond donors (Lipinski definition) is 4. The first-order valence-electron chi connectivity index (χ1n) is 12.2. The van der Waals surface area contributed by atoms with Gasteiger partial charge in [0.2, 0.25) is 0 Å². The number of benzene rings is 2. The minimum atomic E-state index is -0.636. The van der Waals surface area contributed by atoms with E-state index in [4.69, 9.17) is 22.1 Å². The van der Waals surface area contributed by atoms with E-state index in [0.717, 1.165) is 43.1 Å². The molecule has 2 amide bonds. The summed E-state index contributed by atoms with van der Waals surface area (Å²) in [4.78, 5) is 30.5. The van der Waals surface area contributed by atoms with Crippen LogP contribution in [0.3, 0.4) is 0 Å². The molecule has 0 atom stereocenters. The van der Waals surface area contributed by atoms with Gasteiger partial charge < -0.3 is 26.4 Å². The van der Waals surface area contributed by atoms with Crippen molar-refractivity contribution in [2.45, 2.75) is 38.8 Å². The zero-order valence-electron chi connectivity index (χ0n) is 20.4. The van der Waals surface area contributed by atoms with E-state index in [1.807, 2.05) is 13.0 Å². The van der Waals surface area contributed by atoms with Crippen LogP contribution in [0.5, 0.6) is 5.75 Å². The number of carbonyl (C=O) groups is 2. The van der Waals surface area contributed by atoms with Gasteiger partial charge in [0, 0.05) is 12.7 Å². The Hall–Kier alpha value is -3.53. The number of amides is 2. The third-order valence-corrected chi connectivity index (χ3v) is 6.41. The number of ether oxygens (including phenoxy) is 1. The minimum Gasteiger partial charge on any atom is -0.489 e. The van der Waals surface area contributed by atoms with E-state index in [1.165, 1.54) is 24.4 Å². The lowest BCUT2D eigenvalue weighted by molar-refractivity contribution is 0.101. The van der Waals surface area contributed by atoms with E-state index in [-0.39, 0.29) is 23.2 Å². The monoisotopic (exact) mass is 525 g/mol.